The molecule has 0 radical (unpaired) electrons. The largest absolute Gasteiger partial charge is 0.466 e. The van der Waals surface area contributed by atoms with Crippen LogP contribution in [0.4, 0.5) is 10.5 Å². The number of benzene rings is 1. The SMILES string of the molecule is CCOC(=O)CCC(=O)c1ccc(NC(=O)OCC)cc1. The van der Waals surface area contributed by atoms with E-state index < -0.39 is 6.09 Å². The van der Waals surface area contributed by atoms with Gasteiger partial charge in [-0.25, -0.2) is 4.79 Å². The van der Waals surface area contributed by atoms with E-state index in [1.54, 1.807) is 38.1 Å². The van der Waals surface area contributed by atoms with Crippen LogP contribution in [0.15, 0.2) is 24.3 Å². The molecule has 6 nitrogen and oxygen atoms in total. The molecule has 1 aromatic rings. The molecule has 0 aliphatic rings. The summed E-state index contributed by atoms with van der Waals surface area (Å²) in [6.45, 7) is 4.03. The Balaban J connectivity index is 2.51. The highest BCUT2D eigenvalue weighted by molar-refractivity contribution is 5.98. The van der Waals surface area contributed by atoms with Crippen molar-refractivity contribution < 1.29 is 23.9 Å². The highest BCUT2D eigenvalue weighted by Crippen LogP contribution is 2.12. The minimum Gasteiger partial charge on any atom is -0.466 e. The van der Waals surface area contributed by atoms with Crippen LogP contribution in [0.1, 0.15) is 37.0 Å². The van der Waals surface area contributed by atoms with Gasteiger partial charge in [0.2, 0.25) is 0 Å². The topological polar surface area (TPSA) is 81.7 Å². The van der Waals surface area contributed by atoms with E-state index in [0.29, 0.717) is 17.9 Å². The number of ketones is 1. The number of hydrogen-bond donors (Lipinski definition) is 1. The quantitative estimate of drug-likeness (QED) is 0.617. The molecule has 0 aliphatic heterocycles. The molecule has 0 aromatic heterocycles. The third kappa shape index (κ3) is 6.07. The van der Waals surface area contributed by atoms with E-state index in [-0.39, 0.29) is 31.2 Å². The van der Waals surface area contributed by atoms with Crippen molar-refractivity contribution in [3.05, 3.63) is 29.8 Å². The van der Waals surface area contributed by atoms with Crippen molar-refractivity contribution in [1.29, 1.82) is 0 Å². The van der Waals surface area contributed by atoms with Crippen LogP contribution in [0.2, 0.25) is 0 Å². The van der Waals surface area contributed by atoms with Crippen LogP contribution >= 0.6 is 0 Å². The van der Waals surface area contributed by atoms with Crippen LogP contribution in [-0.2, 0) is 14.3 Å². The van der Waals surface area contributed by atoms with Crippen LogP contribution < -0.4 is 5.32 Å². The first-order chi connectivity index (χ1) is 10.1. The molecule has 0 bridgehead atoms. The number of carbonyl (C=O) groups is 3. The van der Waals surface area contributed by atoms with Crippen molar-refractivity contribution in [3.63, 3.8) is 0 Å². The molecule has 0 heterocycles. The smallest absolute Gasteiger partial charge is 0.411 e. The lowest BCUT2D eigenvalue weighted by Crippen LogP contribution is -2.13. The Hall–Kier alpha value is -2.37. The Morgan fingerprint density at radius 2 is 1.57 bits per heavy atom. The molecule has 1 N–H and O–H groups in total. The third-order valence-electron chi connectivity index (χ3n) is 2.59. The molecule has 1 rings (SSSR count). The van der Waals surface area contributed by atoms with Crippen LogP contribution in [0.5, 0.6) is 0 Å². The van der Waals surface area contributed by atoms with Crippen molar-refractivity contribution in [1.82, 2.24) is 0 Å². The first kappa shape index (κ1) is 16.7. The number of carbonyl (C=O) groups excluding carboxylic acids is 3. The number of Topliss-reactive ketones (excluding diaryl/α,β-unsaturated/α-hetero) is 1. The van der Waals surface area contributed by atoms with Crippen molar-refractivity contribution in [2.24, 2.45) is 0 Å². The normalized spacial score (nSPS) is 9.81. The molecule has 1 amide bonds. The van der Waals surface area contributed by atoms with Gasteiger partial charge in [0.1, 0.15) is 0 Å². The van der Waals surface area contributed by atoms with Gasteiger partial charge in [0.25, 0.3) is 0 Å². The number of ether oxygens (including phenoxy) is 2. The second-order valence-corrected chi connectivity index (χ2v) is 4.15. The van der Waals surface area contributed by atoms with Crippen molar-refractivity contribution in [3.8, 4) is 0 Å². The molecule has 6 heteroatoms. The lowest BCUT2D eigenvalue weighted by Gasteiger charge is -2.06. The first-order valence-electron chi connectivity index (χ1n) is 6.79. The fraction of sp³-hybridized carbons (Fsp3) is 0.400. The van der Waals surface area contributed by atoms with E-state index in [1.165, 1.54) is 0 Å². The standard InChI is InChI=1S/C15H19NO5/c1-3-20-14(18)10-9-13(17)11-5-7-12(8-6-11)16-15(19)21-4-2/h5-8H,3-4,9-10H2,1-2H3,(H,16,19). The van der Waals surface area contributed by atoms with Gasteiger partial charge >= 0.3 is 12.1 Å². The van der Waals surface area contributed by atoms with Gasteiger partial charge in [-0.15, -0.1) is 0 Å². The summed E-state index contributed by atoms with van der Waals surface area (Å²) in [7, 11) is 0. The Morgan fingerprint density at radius 1 is 0.952 bits per heavy atom. The van der Waals surface area contributed by atoms with Crippen LogP contribution in [0.3, 0.4) is 0 Å². The maximum atomic E-state index is 11.9. The van der Waals surface area contributed by atoms with Gasteiger partial charge in [-0.3, -0.25) is 14.9 Å². The maximum Gasteiger partial charge on any atom is 0.411 e. The predicted octanol–water partition coefficient (Wildman–Crippen LogP) is 2.78. The lowest BCUT2D eigenvalue weighted by atomic mass is 10.1. The van der Waals surface area contributed by atoms with Crippen molar-refractivity contribution in [2.75, 3.05) is 18.5 Å². The molecule has 0 fully saturated rings. The van der Waals surface area contributed by atoms with Crippen molar-refractivity contribution >= 4 is 23.5 Å². The third-order valence-corrected chi connectivity index (χ3v) is 2.59. The Labute approximate surface area is 123 Å². The fourth-order valence-electron chi connectivity index (χ4n) is 1.62. The van der Waals surface area contributed by atoms with Gasteiger partial charge in [-0.2, -0.15) is 0 Å². The Bertz CT molecular complexity index is 495. The molecule has 21 heavy (non-hydrogen) atoms. The summed E-state index contributed by atoms with van der Waals surface area (Å²) in [4.78, 5) is 34.3. The average molecular weight is 293 g/mol. The molecule has 0 aliphatic carbocycles. The van der Waals surface area contributed by atoms with Gasteiger partial charge < -0.3 is 9.47 Å². The van der Waals surface area contributed by atoms with E-state index in [9.17, 15) is 14.4 Å². The summed E-state index contributed by atoms with van der Waals surface area (Å²) in [6.07, 6.45) is -0.377. The second kappa shape index (κ2) is 8.73. The molecular formula is C15H19NO5. The molecular weight excluding hydrogens is 274 g/mol. The second-order valence-electron chi connectivity index (χ2n) is 4.15. The molecule has 0 unspecified atom stereocenters. The molecule has 114 valence electrons. The average Bonchev–Trinajstić information content (AvgIpc) is 2.46. The summed E-state index contributed by atoms with van der Waals surface area (Å²) in [5, 5.41) is 2.53. The zero-order valence-corrected chi connectivity index (χ0v) is 12.2. The number of esters is 1. The van der Waals surface area contributed by atoms with Crippen LogP contribution in [0, 0.1) is 0 Å². The zero-order valence-electron chi connectivity index (χ0n) is 12.2. The van der Waals surface area contributed by atoms with Gasteiger partial charge in [0.05, 0.1) is 19.6 Å². The zero-order chi connectivity index (χ0) is 15.7. The summed E-state index contributed by atoms with van der Waals surface area (Å²) >= 11 is 0. The molecule has 0 saturated carbocycles. The summed E-state index contributed by atoms with van der Waals surface area (Å²) < 4.78 is 9.50. The molecule has 0 saturated heterocycles. The fourth-order valence-corrected chi connectivity index (χ4v) is 1.62. The molecule has 0 spiro atoms. The first-order valence-corrected chi connectivity index (χ1v) is 6.79. The van der Waals surface area contributed by atoms with E-state index in [1.807, 2.05) is 0 Å². The highest BCUT2D eigenvalue weighted by Gasteiger charge is 2.10. The van der Waals surface area contributed by atoms with Gasteiger partial charge in [-0.05, 0) is 38.1 Å². The number of hydrogen-bond acceptors (Lipinski definition) is 5. The summed E-state index contributed by atoms with van der Waals surface area (Å²) in [6, 6.07) is 6.40. The summed E-state index contributed by atoms with van der Waals surface area (Å²) in [5.41, 5.74) is 1.02. The summed E-state index contributed by atoms with van der Waals surface area (Å²) in [5.74, 6) is -0.530. The minimum atomic E-state index is -0.543. The van der Waals surface area contributed by atoms with Gasteiger partial charge in [-0.1, -0.05) is 0 Å². The molecule has 1 aromatic carbocycles. The monoisotopic (exact) mass is 293 g/mol. The predicted molar refractivity (Wildman–Crippen MR) is 77.3 cm³/mol. The Kier molecular flexibility index (Phi) is 6.94. The number of nitrogens with one attached hydrogen (secondary N) is 1. The maximum absolute atomic E-state index is 11.9. The lowest BCUT2D eigenvalue weighted by molar-refractivity contribution is -0.143. The van der Waals surface area contributed by atoms with E-state index in [2.05, 4.69) is 5.32 Å². The van der Waals surface area contributed by atoms with E-state index in [4.69, 9.17) is 9.47 Å². The highest BCUT2D eigenvalue weighted by atomic mass is 16.5. The Morgan fingerprint density at radius 3 is 2.14 bits per heavy atom. The molecule has 0 atom stereocenters. The number of anilines is 1. The van der Waals surface area contributed by atoms with Gasteiger partial charge in [0.15, 0.2) is 5.78 Å². The van der Waals surface area contributed by atoms with Crippen molar-refractivity contribution in [2.45, 2.75) is 26.7 Å². The van der Waals surface area contributed by atoms with E-state index >= 15 is 0 Å². The minimum absolute atomic E-state index is 0.0650. The van der Waals surface area contributed by atoms with Gasteiger partial charge in [0, 0.05) is 17.7 Å². The van der Waals surface area contributed by atoms with Crippen LogP contribution in [0.25, 0.3) is 0 Å². The van der Waals surface area contributed by atoms with Crippen LogP contribution in [-0.4, -0.2) is 31.1 Å². The number of amides is 1. The van der Waals surface area contributed by atoms with E-state index in [0.717, 1.165) is 0 Å². The number of rotatable bonds is 7.